The summed E-state index contributed by atoms with van der Waals surface area (Å²) in [6.45, 7) is 2.47. The van der Waals surface area contributed by atoms with Gasteiger partial charge in [-0.1, -0.05) is 29.8 Å². The molecule has 0 aliphatic heterocycles. The topological polar surface area (TPSA) is 104 Å². The Kier molecular flexibility index (Phi) is 5.77. The smallest absolute Gasteiger partial charge is 0.258 e. The number of thiazole rings is 1. The molecule has 3 N–H and O–H groups in total. The number of carbonyl (C=O) groups is 2. The van der Waals surface area contributed by atoms with Crippen LogP contribution in [0.1, 0.15) is 27.2 Å². The van der Waals surface area contributed by atoms with Gasteiger partial charge in [-0.2, -0.15) is 0 Å². The van der Waals surface area contributed by atoms with Crippen LogP contribution >= 0.6 is 11.3 Å². The zero-order valence-electron chi connectivity index (χ0n) is 14.6. The second kappa shape index (κ2) is 8.41. The van der Waals surface area contributed by atoms with E-state index in [4.69, 9.17) is 0 Å². The lowest BCUT2D eigenvalue weighted by atomic mass is 10.1. The molecule has 0 aliphatic rings. The van der Waals surface area contributed by atoms with Gasteiger partial charge in [-0.15, -0.1) is 11.3 Å². The number of hydrogen-bond acceptors (Lipinski definition) is 5. The predicted molar refractivity (Wildman–Crippen MR) is 104 cm³/mol. The number of nitrogens with zero attached hydrogens (tertiary/aromatic N) is 1. The van der Waals surface area contributed by atoms with Crippen LogP contribution < -0.4 is 16.2 Å². The molecule has 0 atom stereocenters. The molecule has 7 nitrogen and oxygen atoms in total. The third-order valence-electron chi connectivity index (χ3n) is 3.77. The van der Waals surface area contributed by atoms with Crippen LogP contribution in [0.4, 0.5) is 5.13 Å². The van der Waals surface area contributed by atoms with E-state index in [1.807, 2.05) is 31.2 Å². The molecule has 8 heteroatoms. The lowest BCUT2D eigenvalue weighted by molar-refractivity contribution is -0.120. The van der Waals surface area contributed by atoms with E-state index in [9.17, 15) is 14.4 Å². The third-order valence-corrected chi connectivity index (χ3v) is 4.58. The Balaban J connectivity index is 1.51. The molecule has 0 saturated heterocycles. The number of carbonyl (C=O) groups excluding carboxylic acids is 2. The molecule has 2 aromatic heterocycles. The van der Waals surface area contributed by atoms with Crippen molar-refractivity contribution in [1.82, 2.24) is 15.3 Å². The average Bonchev–Trinajstić information content (AvgIpc) is 3.08. The SMILES string of the molecule is Cc1ccc(CNC(=O)Cc2csc(NC(=O)c3ccc(=O)[nH]c3)n2)cc1. The van der Waals surface area contributed by atoms with E-state index < -0.39 is 0 Å². The van der Waals surface area contributed by atoms with Crippen molar-refractivity contribution in [3.8, 4) is 0 Å². The van der Waals surface area contributed by atoms with Gasteiger partial charge in [-0.25, -0.2) is 4.98 Å². The summed E-state index contributed by atoms with van der Waals surface area (Å²) in [5.41, 5.74) is 2.82. The molecule has 138 valence electrons. The van der Waals surface area contributed by atoms with Crippen LogP contribution in [0, 0.1) is 6.92 Å². The Bertz CT molecular complexity index is 988. The largest absolute Gasteiger partial charge is 0.352 e. The molecular formula is C19H18N4O3S. The molecule has 3 rings (SSSR count). The van der Waals surface area contributed by atoms with Gasteiger partial charge < -0.3 is 10.3 Å². The minimum atomic E-state index is -0.379. The number of amides is 2. The van der Waals surface area contributed by atoms with Gasteiger partial charge in [-0.05, 0) is 18.6 Å². The predicted octanol–water partition coefficient (Wildman–Crippen LogP) is 2.25. The van der Waals surface area contributed by atoms with Crippen molar-refractivity contribution < 1.29 is 9.59 Å². The summed E-state index contributed by atoms with van der Waals surface area (Å²) in [7, 11) is 0. The number of aromatic amines is 1. The zero-order valence-corrected chi connectivity index (χ0v) is 15.4. The van der Waals surface area contributed by atoms with Gasteiger partial charge in [0, 0.05) is 24.2 Å². The molecule has 0 unspecified atom stereocenters. The fourth-order valence-corrected chi connectivity index (χ4v) is 3.01. The number of aromatic nitrogens is 2. The molecule has 3 aromatic rings. The summed E-state index contributed by atoms with van der Waals surface area (Å²) < 4.78 is 0. The number of hydrogen-bond donors (Lipinski definition) is 3. The number of rotatable bonds is 6. The van der Waals surface area contributed by atoms with E-state index in [2.05, 4.69) is 20.6 Å². The zero-order chi connectivity index (χ0) is 19.2. The fraction of sp³-hybridized carbons (Fsp3) is 0.158. The number of pyridine rings is 1. The second-order valence-electron chi connectivity index (χ2n) is 5.98. The standard InChI is InChI=1S/C19H18N4O3S/c1-12-2-4-13(5-3-12)9-20-17(25)8-15-11-27-19(22-15)23-18(26)14-6-7-16(24)21-10-14/h2-7,10-11H,8-9H2,1H3,(H,20,25)(H,21,24)(H,22,23,26). The van der Waals surface area contributed by atoms with E-state index >= 15 is 0 Å². The van der Waals surface area contributed by atoms with Crippen molar-refractivity contribution in [2.75, 3.05) is 5.32 Å². The van der Waals surface area contributed by atoms with Crippen LogP contribution in [0.15, 0.2) is 52.8 Å². The highest BCUT2D eigenvalue weighted by atomic mass is 32.1. The minimum Gasteiger partial charge on any atom is -0.352 e. The van der Waals surface area contributed by atoms with E-state index in [1.165, 1.54) is 35.2 Å². The van der Waals surface area contributed by atoms with Crippen LogP contribution in [-0.2, 0) is 17.8 Å². The highest BCUT2D eigenvalue weighted by Crippen LogP contribution is 2.16. The highest BCUT2D eigenvalue weighted by Gasteiger charge is 2.11. The maximum Gasteiger partial charge on any atom is 0.258 e. The quantitative estimate of drug-likeness (QED) is 0.608. The van der Waals surface area contributed by atoms with Crippen LogP contribution in [0.2, 0.25) is 0 Å². The van der Waals surface area contributed by atoms with Crippen LogP contribution in [0.3, 0.4) is 0 Å². The minimum absolute atomic E-state index is 0.136. The Morgan fingerprint density at radius 2 is 1.93 bits per heavy atom. The molecule has 0 aliphatic carbocycles. The lowest BCUT2D eigenvalue weighted by Crippen LogP contribution is -2.24. The highest BCUT2D eigenvalue weighted by molar-refractivity contribution is 7.14. The fourth-order valence-electron chi connectivity index (χ4n) is 2.30. The molecular weight excluding hydrogens is 364 g/mol. The van der Waals surface area contributed by atoms with Gasteiger partial charge in [-0.3, -0.25) is 19.7 Å². The lowest BCUT2D eigenvalue weighted by Gasteiger charge is -2.04. The molecule has 0 fully saturated rings. The van der Waals surface area contributed by atoms with E-state index in [-0.39, 0.29) is 23.8 Å². The summed E-state index contributed by atoms with van der Waals surface area (Å²) in [6.07, 6.45) is 1.47. The van der Waals surface area contributed by atoms with E-state index in [0.717, 1.165) is 5.56 Å². The first kappa shape index (κ1) is 18.5. The summed E-state index contributed by atoms with van der Waals surface area (Å²) in [5.74, 6) is -0.518. The molecule has 0 saturated carbocycles. The van der Waals surface area contributed by atoms with Crippen molar-refractivity contribution in [3.05, 3.63) is 80.7 Å². The van der Waals surface area contributed by atoms with Gasteiger partial charge in [0.25, 0.3) is 5.91 Å². The van der Waals surface area contributed by atoms with Crippen molar-refractivity contribution >= 4 is 28.3 Å². The summed E-state index contributed by atoms with van der Waals surface area (Å²) >= 11 is 1.24. The number of aryl methyl sites for hydroxylation is 1. The Morgan fingerprint density at radius 1 is 1.15 bits per heavy atom. The monoisotopic (exact) mass is 382 g/mol. The Labute approximate surface area is 159 Å². The van der Waals surface area contributed by atoms with Crippen molar-refractivity contribution in [3.63, 3.8) is 0 Å². The van der Waals surface area contributed by atoms with Gasteiger partial charge in [0.1, 0.15) is 0 Å². The van der Waals surface area contributed by atoms with Gasteiger partial charge in [0.15, 0.2) is 5.13 Å². The van der Waals surface area contributed by atoms with Crippen molar-refractivity contribution in [2.45, 2.75) is 19.9 Å². The first-order valence-electron chi connectivity index (χ1n) is 8.26. The maximum absolute atomic E-state index is 12.1. The number of nitrogens with one attached hydrogen (secondary N) is 3. The molecule has 0 bridgehead atoms. The molecule has 27 heavy (non-hydrogen) atoms. The Hall–Kier alpha value is -3.26. The molecule has 0 radical (unpaired) electrons. The summed E-state index contributed by atoms with van der Waals surface area (Å²) in [6, 6.07) is 10.7. The van der Waals surface area contributed by atoms with Crippen molar-refractivity contribution in [2.24, 2.45) is 0 Å². The van der Waals surface area contributed by atoms with Gasteiger partial charge in [0.05, 0.1) is 17.7 Å². The first-order valence-corrected chi connectivity index (χ1v) is 9.14. The second-order valence-corrected chi connectivity index (χ2v) is 6.84. The Morgan fingerprint density at radius 3 is 2.63 bits per heavy atom. The molecule has 2 heterocycles. The number of H-pyrrole nitrogens is 1. The maximum atomic E-state index is 12.1. The third kappa shape index (κ3) is 5.35. The number of benzene rings is 1. The normalized spacial score (nSPS) is 10.4. The van der Waals surface area contributed by atoms with Crippen molar-refractivity contribution in [1.29, 1.82) is 0 Å². The van der Waals surface area contributed by atoms with E-state index in [0.29, 0.717) is 22.9 Å². The summed E-state index contributed by atoms with van der Waals surface area (Å²) in [4.78, 5) is 41.9. The van der Waals surface area contributed by atoms with Crippen LogP contribution in [0.25, 0.3) is 0 Å². The van der Waals surface area contributed by atoms with Crippen LogP contribution in [-0.4, -0.2) is 21.8 Å². The first-order chi connectivity index (χ1) is 13.0. The molecule has 0 spiro atoms. The van der Waals surface area contributed by atoms with Crippen LogP contribution in [0.5, 0.6) is 0 Å². The van der Waals surface area contributed by atoms with E-state index in [1.54, 1.807) is 5.38 Å². The average molecular weight is 382 g/mol. The molecule has 1 aromatic carbocycles. The molecule has 2 amide bonds. The summed E-state index contributed by atoms with van der Waals surface area (Å²) in [5, 5.41) is 7.63. The number of anilines is 1. The van der Waals surface area contributed by atoms with Gasteiger partial charge in [0.2, 0.25) is 11.5 Å². The van der Waals surface area contributed by atoms with Gasteiger partial charge >= 0.3 is 0 Å².